The molecule has 0 amide bonds. The van der Waals surface area contributed by atoms with E-state index < -0.39 is 0 Å². The first kappa shape index (κ1) is 64.8. The molecule has 7 unspecified atom stereocenters. The second kappa shape index (κ2) is 47.5. The second-order valence-corrected chi connectivity index (χ2v) is 21.3. The van der Waals surface area contributed by atoms with E-state index >= 15 is 0 Å². The lowest BCUT2D eigenvalue weighted by atomic mass is 9.83. The number of esters is 2. The van der Waals surface area contributed by atoms with Crippen LogP contribution in [0.4, 0.5) is 0 Å². The van der Waals surface area contributed by atoms with E-state index in [0.29, 0.717) is 45.1 Å². The summed E-state index contributed by atoms with van der Waals surface area (Å²) in [4.78, 5) is 27.1. The van der Waals surface area contributed by atoms with Gasteiger partial charge >= 0.3 is 11.9 Å². The molecule has 394 valence electrons. The van der Waals surface area contributed by atoms with Gasteiger partial charge in [-0.1, -0.05) is 228 Å². The van der Waals surface area contributed by atoms with Gasteiger partial charge in [0.1, 0.15) is 6.61 Å². The fraction of sp³-hybridized carbons (Fsp3) is 0.966. The highest BCUT2D eigenvalue weighted by molar-refractivity contribution is 5.70. The minimum absolute atomic E-state index is 0.0860. The lowest BCUT2D eigenvalue weighted by Gasteiger charge is -2.26. The Labute approximate surface area is 412 Å². The summed E-state index contributed by atoms with van der Waals surface area (Å²) in [6.45, 7) is 17.9. The third kappa shape index (κ3) is 41.8. The summed E-state index contributed by atoms with van der Waals surface area (Å²) in [6, 6.07) is 0. The molecule has 2 aliphatic carbocycles. The standard InChI is InChI=1S/C40H75NO5.C13H28O.C6H14/c1-7-10-11-12-15-18-21-35-27-36(35)22-19-16-13-14-17-20-25-44-32(4)30-45-40(43)29-34(9-3)38(28-37-26-33(37)8-2)31-46-39(42)23-24-41(5)6;1-2-3-4-5-6-7-8-9-10-11-12-13-14;1-3-5-6-4-2/h32-38H,7-31H2,1-6H3;14H,2-13H2,1H3;3-6H2,1-2H3. The molecule has 0 aromatic carbocycles. The van der Waals surface area contributed by atoms with Gasteiger partial charge in [-0.05, 0) is 88.6 Å². The molecule has 0 aromatic heterocycles. The van der Waals surface area contributed by atoms with Crippen LogP contribution >= 0.6 is 0 Å². The minimum Gasteiger partial charge on any atom is -0.465 e. The van der Waals surface area contributed by atoms with Gasteiger partial charge < -0.3 is 24.2 Å². The van der Waals surface area contributed by atoms with Gasteiger partial charge in [0.2, 0.25) is 0 Å². The highest BCUT2D eigenvalue weighted by Crippen LogP contribution is 2.47. The lowest BCUT2D eigenvalue weighted by Crippen LogP contribution is -2.27. The molecule has 2 aliphatic rings. The Morgan fingerprint density at radius 3 is 1.42 bits per heavy atom. The number of rotatable bonds is 45. The van der Waals surface area contributed by atoms with Crippen LogP contribution < -0.4 is 0 Å². The fourth-order valence-electron chi connectivity index (χ4n) is 9.63. The van der Waals surface area contributed by atoms with Gasteiger partial charge in [0, 0.05) is 26.2 Å². The largest absolute Gasteiger partial charge is 0.465 e. The molecule has 2 fully saturated rings. The van der Waals surface area contributed by atoms with Crippen LogP contribution in [-0.2, 0) is 23.8 Å². The Kier molecular flexibility index (Phi) is 46.6. The molecule has 7 atom stereocenters. The molecule has 0 bridgehead atoms. The van der Waals surface area contributed by atoms with Gasteiger partial charge in [-0.25, -0.2) is 0 Å². The first-order valence-corrected chi connectivity index (χ1v) is 29.3. The Balaban J connectivity index is 0.00000174. The molecule has 2 rings (SSSR count). The number of hydrogen-bond donors (Lipinski definition) is 1. The van der Waals surface area contributed by atoms with Gasteiger partial charge in [-0.2, -0.15) is 0 Å². The SMILES string of the molecule is CCCCCC.CCCCCCCCC1CC1CCCCCCCCOC(C)COC(=O)CC(CC)C(COC(=O)CCN(C)C)CC1CC1CC.CCCCCCCCCCCCCO. The van der Waals surface area contributed by atoms with Crippen molar-refractivity contribution in [1.29, 1.82) is 0 Å². The molecule has 0 heterocycles. The topological polar surface area (TPSA) is 85.3 Å². The number of carbonyl (C=O) groups excluding carboxylic acids is 2. The molecule has 7 heteroatoms. The number of hydrogen-bond acceptors (Lipinski definition) is 7. The second-order valence-electron chi connectivity index (χ2n) is 21.3. The number of unbranched alkanes of at least 4 members (excludes halogenated alkanes) is 23. The highest BCUT2D eigenvalue weighted by atomic mass is 16.6. The van der Waals surface area contributed by atoms with E-state index in [2.05, 4.69) is 41.5 Å². The van der Waals surface area contributed by atoms with Crippen LogP contribution in [0.3, 0.4) is 0 Å². The summed E-state index contributed by atoms with van der Waals surface area (Å²) >= 11 is 0. The molecular formula is C59H117NO6. The van der Waals surface area contributed by atoms with Crippen molar-refractivity contribution in [1.82, 2.24) is 4.90 Å². The zero-order valence-corrected chi connectivity index (χ0v) is 46.0. The summed E-state index contributed by atoms with van der Waals surface area (Å²) in [5.41, 5.74) is 0. The molecule has 0 spiro atoms. The summed E-state index contributed by atoms with van der Waals surface area (Å²) in [5, 5.41) is 8.59. The Morgan fingerprint density at radius 2 is 0.970 bits per heavy atom. The van der Waals surface area contributed by atoms with Crippen LogP contribution in [0, 0.1) is 35.5 Å². The fourth-order valence-corrected chi connectivity index (χ4v) is 9.63. The quantitative estimate of drug-likeness (QED) is 0.0481. The highest BCUT2D eigenvalue weighted by Gasteiger charge is 2.39. The van der Waals surface area contributed by atoms with Crippen molar-refractivity contribution in [3.05, 3.63) is 0 Å². The zero-order valence-electron chi connectivity index (χ0n) is 46.0. The van der Waals surface area contributed by atoms with Crippen molar-refractivity contribution in [2.24, 2.45) is 35.5 Å². The van der Waals surface area contributed by atoms with E-state index in [1.165, 1.54) is 193 Å². The summed E-state index contributed by atoms with van der Waals surface area (Å²) in [7, 11) is 3.92. The maximum absolute atomic E-state index is 12.8. The molecule has 0 aliphatic heterocycles. The first-order valence-electron chi connectivity index (χ1n) is 29.3. The number of nitrogens with zero attached hydrogens (tertiary/aromatic N) is 1. The number of aliphatic hydroxyl groups is 1. The smallest absolute Gasteiger partial charge is 0.307 e. The van der Waals surface area contributed by atoms with Crippen LogP contribution in [0.2, 0.25) is 0 Å². The number of ether oxygens (including phenoxy) is 3. The van der Waals surface area contributed by atoms with Crippen molar-refractivity contribution in [2.75, 3.05) is 47.1 Å². The lowest BCUT2D eigenvalue weighted by molar-refractivity contribution is -0.150. The predicted octanol–water partition coefficient (Wildman–Crippen LogP) is 16.9. The van der Waals surface area contributed by atoms with E-state index in [4.69, 9.17) is 19.3 Å². The van der Waals surface area contributed by atoms with Crippen molar-refractivity contribution in [3.8, 4) is 0 Å². The Hall–Kier alpha value is -1.18. The molecule has 0 radical (unpaired) electrons. The molecule has 0 aromatic rings. The van der Waals surface area contributed by atoms with E-state index in [0.717, 1.165) is 50.0 Å². The van der Waals surface area contributed by atoms with Crippen LogP contribution in [0.15, 0.2) is 0 Å². The molecule has 66 heavy (non-hydrogen) atoms. The molecule has 1 N–H and O–H groups in total. The molecular weight excluding hydrogens is 819 g/mol. The Morgan fingerprint density at radius 1 is 0.530 bits per heavy atom. The number of aliphatic hydroxyl groups excluding tert-OH is 1. The molecule has 2 saturated carbocycles. The predicted molar refractivity (Wildman–Crippen MR) is 284 cm³/mol. The molecule has 0 saturated heterocycles. The van der Waals surface area contributed by atoms with Gasteiger partial charge in [0.15, 0.2) is 0 Å². The van der Waals surface area contributed by atoms with Crippen molar-refractivity contribution in [3.63, 3.8) is 0 Å². The van der Waals surface area contributed by atoms with Crippen LogP contribution in [0.1, 0.15) is 280 Å². The Bertz CT molecular complexity index is 1020. The van der Waals surface area contributed by atoms with Gasteiger partial charge in [0.05, 0.1) is 19.1 Å². The zero-order chi connectivity index (χ0) is 48.9. The van der Waals surface area contributed by atoms with Crippen LogP contribution in [0.5, 0.6) is 0 Å². The average Bonchev–Trinajstić information content (AvgIpc) is 4.25. The summed E-state index contributed by atoms with van der Waals surface area (Å²) < 4.78 is 17.3. The molecule has 7 nitrogen and oxygen atoms in total. The van der Waals surface area contributed by atoms with Gasteiger partial charge in [0.25, 0.3) is 0 Å². The van der Waals surface area contributed by atoms with Crippen molar-refractivity contribution >= 4 is 11.9 Å². The maximum atomic E-state index is 12.8. The van der Waals surface area contributed by atoms with Crippen molar-refractivity contribution in [2.45, 2.75) is 286 Å². The van der Waals surface area contributed by atoms with Gasteiger partial charge in [-0.15, -0.1) is 0 Å². The van der Waals surface area contributed by atoms with E-state index in [1.54, 1.807) is 0 Å². The van der Waals surface area contributed by atoms with Crippen LogP contribution in [-0.4, -0.2) is 75.1 Å². The van der Waals surface area contributed by atoms with E-state index in [9.17, 15) is 9.59 Å². The monoisotopic (exact) mass is 936 g/mol. The van der Waals surface area contributed by atoms with Gasteiger partial charge in [-0.3, -0.25) is 9.59 Å². The third-order valence-corrected chi connectivity index (χ3v) is 14.6. The van der Waals surface area contributed by atoms with E-state index in [-0.39, 0.29) is 29.9 Å². The van der Waals surface area contributed by atoms with E-state index in [1.807, 2.05) is 25.9 Å². The minimum atomic E-state index is -0.158. The average molecular weight is 937 g/mol. The third-order valence-electron chi connectivity index (χ3n) is 14.6. The number of carbonyl (C=O) groups is 2. The summed E-state index contributed by atoms with van der Waals surface area (Å²) in [6.07, 6.45) is 46.1. The maximum Gasteiger partial charge on any atom is 0.307 e. The normalized spacial score (nSPS) is 18.7. The van der Waals surface area contributed by atoms with Crippen molar-refractivity contribution < 1.29 is 28.9 Å². The summed E-state index contributed by atoms with van der Waals surface area (Å²) in [5.74, 6) is 3.66. The first-order chi connectivity index (χ1) is 32.1. The van der Waals surface area contributed by atoms with Crippen LogP contribution in [0.25, 0.3) is 0 Å².